The van der Waals surface area contributed by atoms with E-state index in [4.69, 9.17) is 4.74 Å². The molecule has 0 N–H and O–H groups in total. The van der Waals surface area contributed by atoms with Crippen LogP contribution in [0.4, 0.5) is 0 Å². The van der Waals surface area contributed by atoms with Gasteiger partial charge in [0.2, 0.25) is 0 Å². The van der Waals surface area contributed by atoms with Crippen LogP contribution < -0.4 is 0 Å². The number of carbonyl (C=O) groups excluding carboxylic acids is 2. The Morgan fingerprint density at radius 1 is 1.15 bits per heavy atom. The van der Waals surface area contributed by atoms with Crippen LogP contribution in [-0.4, -0.2) is 11.9 Å². The first-order valence-electron chi connectivity index (χ1n) is 9.82. The third-order valence-electron chi connectivity index (χ3n) is 4.79. The molecule has 0 bridgehead atoms. The van der Waals surface area contributed by atoms with Crippen LogP contribution in [0.1, 0.15) is 73.6 Å². The highest BCUT2D eigenvalue weighted by Gasteiger charge is 2.26. The average Bonchev–Trinajstić information content (AvgIpc) is 2.53. The van der Waals surface area contributed by atoms with Gasteiger partial charge in [-0.25, -0.2) is 4.79 Å². The lowest BCUT2D eigenvalue weighted by atomic mass is 9.72. The van der Waals surface area contributed by atoms with Crippen LogP contribution in [0.15, 0.2) is 58.7 Å². The zero-order valence-electron chi connectivity index (χ0n) is 17.7. The number of esters is 2. The van der Waals surface area contributed by atoms with Crippen molar-refractivity contribution in [3.05, 3.63) is 58.7 Å². The van der Waals surface area contributed by atoms with Gasteiger partial charge in [-0.15, -0.1) is 0 Å². The smallest absolute Gasteiger partial charge is 0.338 e. The molecule has 148 valence electrons. The molecule has 3 heteroatoms. The van der Waals surface area contributed by atoms with Crippen LogP contribution in [0.25, 0.3) is 0 Å². The van der Waals surface area contributed by atoms with E-state index in [-0.39, 0.29) is 11.8 Å². The van der Waals surface area contributed by atoms with E-state index in [0.29, 0.717) is 6.42 Å². The van der Waals surface area contributed by atoms with Gasteiger partial charge in [-0.2, -0.15) is 0 Å². The Hall–Kier alpha value is -2.16. The van der Waals surface area contributed by atoms with Crippen molar-refractivity contribution in [3.63, 3.8) is 0 Å². The molecular formula is C24H34O3. The summed E-state index contributed by atoms with van der Waals surface area (Å²) in [5.41, 5.74) is 5.05. The van der Waals surface area contributed by atoms with Gasteiger partial charge < -0.3 is 4.74 Å². The molecule has 0 heterocycles. The second-order valence-corrected chi connectivity index (χ2v) is 7.97. The lowest BCUT2D eigenvalue weighted by Gasteiger charge is -2.32. The van der Waals surface area contributed by atoms with Crippen molar-refractivity contribution in [2.75, 3.05) is 0 Å². The summed E-state index contributed by atoms with van der Waals surface area (Å²) in [7, 11) is 0. The zero-order chi connectivity index (χ0) is 20.4. The highest BCUT2D eigenvalue weighted by atomic mass is 16.6. The number of hydrogen-bond donors (Lipinski definition) is 0. The van der Waals surface area contributed by atoms with Crippen molar-refractivity contribution in [3.8, 4) is 0 Å². The van der Waals surface area contributed by atoms with Gasteiger partial charge in [0, 0.05) is 12.5 Å². The summed E-state index contributed by atoms with van der Waals surface area (Å²) in [6, 6.07) is 0. The summed E-state index contributed by atoms with van der Waals surface area (Å²) in [6.07, 6.45) is 16.1. The van der Waals surface area contributed by atoms with Crippen molar-refractivity contribution < 1.29 is 14.3 Å². The summed E-state index contributed by atoms with van der Waals surface area (Å²) in [5, 5.41) is 0. The number of allylic oxidation sites excluding steroid dienone is 9. The number of rotatable bonds is 7. The Bertz CT molecular complexity index is 697. The normalized spacial score (nSPS) is 18.4. The topological polar surface area (TPSA) is 43.4 Å². The minimum atomic E-state index is -0.613. The molecule has 0 unspecified atom stereocenters. The van der Waals surface area contributed by atoms with E-state index in [9.17, 15) is 9.59 Å². The highest BCUT2D eigenvalue weighted by molar-refractivity contribution is 5.92. The molecule has 27 heavy (non-hydrogen) atoms. The van der Waals surface area contributed by atoms with Crippen molar-refractivity contribution in [1.82, 2.24) is 0 Å². The summed E-state index contributed by atoms with van der Waals surface area (Å²) in [5.74, 6) is -1.09. The molecule has 1 rings (SSSR count). The summed E-state index contributed by atoms with van der Waals surface area (Å²) < 4.78 is 4.70. The molecule has 0 aliphatic heterocycles. The molecule has 1 aliphatic carbocycles. The molecule has 0 fully saturated rings. The van der Waals surface area contributed by atoms with Crippen molar-refractivity contribution in [1.29, 1.82) is 0 Å². The Morgan fingerprint density at radius 2 is 1.85 bits per heavy atom. The minimum Gasteiger partial charge on any atom is -0.390 e. The van der Waals surface area contributed by atoms with Crippen molar-refractivity contribution in [2.24, 2.45) is 5.41 Å². The third kappa shape index (κ3) is 8.38. The monoisotopic (exact) mass is 370 g/mol. The molecule has 0 aromatic rings. The third-order valence-corrected chi connectivity index (χ3v) is 4.79. The molecule has 0 spiro atoms. The molecule has 0 amide bonds. The molecule has 0 atom stereocenters. The van der Waals surface area contributed by atoms with Crippen molar-refractivity contribution in [2.45, 2.75) is 73.6 Å². The maximum absolute atomic E-state index is 11.6. The van der Waals surface area contributed by atoms with E-state index >= 15 is 0 Å². The molecule has 0 aromatic carbocycles. The Kier molecular flexibility index (Phi) is 9.20. The summed E-state index contributed by atoms with van der Waals surface area (Å²) in [4.78, 5) is 22.9. The number of ether oxygens (including phenoxy) is 1. The summed E-state index contributed by atoms with van der Waals surface area (Å²) in [6.45, 7) is 12.6. The van der Waals surface area contributed by atoms with Gasteiger partial charge in [0.15, 0.2) is 0 Å². The van der Waals surface area contributed by atoms with E-state index in [0.717, 1.165) is 11.1 Å². The Morgan fingerprint density at radius 3 is 2.48 bits per heavy atom. The van der Waals surface area contributed by atoms with Crippen LogP contribution in [0, 0.1) is 5.41 Å². The van der Waals surface area contributed by atoms with Gasteiger partial charge in [0.1, 0.15) is 0 Å². The van der Waals surface area contributed by atoms with Crippen LogP contribution in [0.2, 0.25) is 0 Å². The van der Waals surface area contributed by atoms with Gasteiger partial charge >= 0.3 is 11.9 Å². The predicted molar refractivity (Wildman–Crippen MR) is 112 cm³/mol. The van der Waals surface area contributed by atoms with E-state index in [2.05, 4.69) is 39.8 Å². The number of hydrogen-bond acceptors (Lipinski definition) is 3. The first kappa shape index (κ1) is 22.9. The largest absolute Gasteiger partial charge is 0.390 e. The highest BCUT2D eigenvalue weighted by Crippen LogP contribution is 2.40. The lowest BCUT2D eigenvalue weighted by molar-refractivity contribution is -0.156. The van der Waals surface area contributed by atoms with E-state index in [1.807, 2.05) is 25.2 Å². The van der Waals surface area contributed by atoms with Crippen molar-refractivity contribution >= 4 is 11.9 Å². The SMILES string of the molecule is CCCC(=O)OC(=O)/C=C(C)/C=C/C=C(C)/C=C/C1=C(C)CCCC1(C)C. The van der Waals surface area contributed by atoms with Gasteiger partial charge in [0.05, 0.1) is 0 Å². The van der Waals surface area contributed by atoms with Crippen LogP contribution in [-0.2, 0) is 14.3 Å². The first-order valence-corrected chi connectivity index (χ1v) is 9.82. The van der Waals surface area contributed by atoms with Crippen LogP contribution >= 0.6 is 0 Å². The maximum atomic E-state index is 11.6. The lowest BCUT2D eigenvalue weighted by Crippen LogP contribution is -2.19. The van der Waals surface area contributed by atoms with Gasteiger partial charge in [-0.05, 0) is 63.0 Å². The van der Waals surface area contributed by atoms with E-state index < -0.39 is 11.9 Å². The maximum Gasteiger partial charge on any atom is 0.338 e. The van der Waals surface area contributed by atoms with Gasteiger partial charge in [0.25, 0.3) is 0 Å². The fraction of sp³-hybridized carbons (Fsp3) is 0.500. The van der Waals surface area contributed by atoms with E-state index in [1.54, 1.807) is 6.92 Å². The van der Waals surface area contributed by atoms with Gasteiger partial charge in [-0.3, -0.25) is 4.79 Å². The quantitative estimate of drug-likeness (QED) is 0.226. The molecule has 0 radical (unpaired) electrons. The molecule has 0 aromatic heterocycles. The predicted octanol–water partition coefficient (Wildman–Crippen LogP) is 6.39. The molecule has 1 aliphatic rings. The van der Waals surface area contributed by atoms with E-state index in [1.165, 1.54) is 36.5 Å². The van der Waals surface area contributed by atoms with Gasteiger partial charge in [-0.1, -0.05) is 62.3 Å². The first-order chi connectivity index (χ1) is 12.7. The summed E-state index contributed by atoms with van der Waals surface area (Å²) >= 11 is 0. The standard InChI is InChI=1S/C24H34O3/c1-7-10-22(25)27-23(26)17-19(3)12-8-11-18(2)14-15-21-20(4)13-9-16-24(21,5)6/h8,11-12,14-15,17H,7,9-10,13,16H2,1-6H3/b12-8+,15-14+,18-11+,19-17+. The fourth-order valence-electron chi connectivity index (χ4n) is 3.26. The molecule has 0 saturated carbocycles. The fourth-order valence-corrected chi connectivity index (χ4v) is 3.26. The average molecular weight is 371 g/mol. The Labute approximate surface area is 164 Å². The minimum absolute atomic E-state index is 0.240. The second-order valence-electron chi connectivity index (χ2n) is 7.97. The molecular weight excluding hydrogens is 336 g/mol. The number of carbonyl (C=O) groups is 2. The Balaban J connectivity index is 2.68. The van der Waals surface area contributed by atoms with Crippen LogP contribution in [0.3, 0.4) is 0 Å². The molecule has 3 nitrogen and oxygen atoms in total. The second kappa shape index (κ2) is 10.9. The van der Waals surface area contributed by atoms with Crippen LogP contribution in [0.5, 0.6) is 0 Å². The molecule has 0 saturated heterocycles. The zero-order valence-corrected chi connectivity index (χ0v) is 17.7.